The van der Waals surface area contributed by atoms with Crippen molar-refractivity contribution in [2.24, 2.45) is 35.5 Å². The Balaban J connectivity index is 1.01. The van der Waals surface area contributed by atoms with Crippen LogP contribution >= 0.6 is 11.5 Å². The quantitative estimate of drug-likeness (QED) is 0.184. The van der Waals surface area contributed by atoms with E-state index in [1.54, 1.807) is 28.6 Å². The molecule has 9 heteroatoms. The number of benzene rings is 2. The van der Waals surface area contributed by atoms with Crippen molar-refractivity contribution < 1.29 is 23.6 Å². The molecule has 8 nitrogen and oxygen atoms in total. The van der Waals surface area contributed by atoms with Crippen LogP contribution in [0.3, 0.4) is 0 Å². The Morgan fingerprint density at radius 3 is 2.27 bits per heavy atom. The van der Waals surface area contributed by atoms with Gasteiger partial charge in [-0.1, -0.05) is 43.2 Å². The number of fused-ring (bicyclic) bond motifs is 6. The molecule has 6 atom stereocenters. The molecular formula is C36H43N4O4S+. The van der Waals surface area contributed by atoms with Crippen LogP contribution in [0.4, 0.5) is 5.82 Å². The highest BCUT2D eigenvalue weighted by Gasteiger charge is 2.61. The summed E-state index contributed by atoms with van der Waals surface area (Å²) in [5.41, 5.74) is 0.573. The minimum Gasteiger partial charge on any atom is -0.411 e. The first-order valence-corrected chi connectivity index (χ1v) is 17.8. The molecule has 2 saturated heterocycles. The molecule has 6 unspecified atom stereocenters. The van der Waals surface area contributed by atoms with Crippen molar-refractivity contribution >= 4 is 45.2 Å². The zero-order chi connectivity index (χ0) is 30.5. The van der Waals surface area contributed by atoms with Crippen LogP contribution in [0.25, 0.3) is 10.1 Å². The third-order valence-electron chi connectivity index (χ3n) is 11.9. The van der Waals surface area contributed by atoms with E-state index in [1.807, 2.05) is 18.2 Å². The average Bonchev–Trinajstić information content (AvgIpc) is 3.86. The standard InChI is InChI=1S/C36H43N4O4S/c41-34-31-25-14-15-26(20-25)32(31)35(42)39(34)21-27-10-4-5-11-28(27)22-40(23-44-36(43)24-8-2-1-3-9-24)18-16-38(17-19-40)33-29-12-6-7-13-30(29)45-37-33/h1-3,6-9,12-13,25-28,31-32H,4-5,10-11,14-23H2/q+1. The normalized spacial score (nSPS) is 30.7. The number of nitrogens with zero attached hydrogens (tertiary/aromatic N) is 4. The lowest BCUT2D eigenvalue weighted by Gasteiger charge is -2.47. The average molecular weight is 628 g/mol. The van der Waals surface area contributed by atoms with Gasteiger partial charge in [0, 0.05) is 17.8 Å². The summed E-state index contributed by atoms with van der Waals surface area (Å²) in [6.45, 7) is 5.17. The molecule has 0 N–H and O–H groups in total. The van der Waals surface area contributed by atoms with Gasteiger partial charge >= 0.3 is 5.97 Å². The summed E-state index contributed by atoms with van der Waals surface area (Å²) in [4.78, 5) is 44.4. The minimum absolute atomic E-state index is 0.0519. The summed E-state index contributed by atoms with van der Waals surface area (Å²) in [5.74, 6) is 2.41. The van der Waals surface area contributed by atoms with Crippen molar-refractivity contribution in [3.05, 3.63) is 60.2 Å². The number of hydrogen-bond donors (Lipinski definition) is 0. The molecule has 5 fully saturated rings. The molecule has 2 bridgehead atoms. The van der Waals surface area contributed by atoms with Gasteiger partial charge in [0.25, 0.3) is 0 Å². The first-order chi connectivity index (χ1) is 22.0. The molecule has 2 aliphatic heterocycles. The number of carbonyl (C=O) groups is 3. The molecule has 0 radical (unpaired) electrons. The summed E-state index contributed by atoms with van der Waals surface area (Å²) in [6.07, 6.45) is 7.74. The van der Waals surface area contributed by atoms with Crippen molar-refractivity contribution in [2.75, 3.05) is 50.9 Å². The van der Waals surface area contributed by atoms with Crippen molar-refractivity contribution in [3.8, 4) is 0 Å². The molecule has 2 aromatic carbocycles. The largest absolute Gasteiger partial charge is 0.411 e. The minimum atomic E-state index is -0.282. The van der Waals surface area contributed by atoms with Gasteiger partial charge in [-0.25, -0.2) is 4.79 Å². The second-order valence-corrected chi connectivity index (χ2v) is 15.2. The molecule has 2 amide bonds. The summed E-state index contributed by atoms with van der Waals surface area (Å²) >= 11 is 1.55. The smallest absolute Gasteiger partial charge is 0.342 e. The van der Waals surface area contributed by atoms with Gasteiger partial charge in [-0.05, 0) is 85.7 Å². The lowest BCUT2D eigenvalue weighted by molar-refractivity contribution is -0.947. The van der Waals surface area contributed by atoms with Crippen molar-refractivity contribution in [1.29, 1.82) is 0 Å². The van der Waals surface area contributed by atoms with E-state index >= 15 is 0 Å². The number of anilines is 1. The van der Waals surface area contributed by atoms with Crippen LogP contribution in [0.15, 0.2) is 54.6 Å². The maximum Gasteiger partial charge on any atom is 0.342 e. The Kier molecular flexibility index (Phi) is 7.64. The van der Waals surface area contributed by atoms with Gasteiger partial charge in [-0.2, -0.15) is 4.37 Å². The highest BCUT2D eigenvalue weighted by atomic mass is 32.1. The van der Waals surface area contributed by atoms with Crippen LogP contribution in [0.5, 0.6) is 0 Å². The molecule has 5 aliphatic rings. The maximum atomic E-state index is 13.6. The zero-order valence-electron chi connectivity index (χ0n) is 25.9. The number of ether oxygens (including phenoxy) is 1. The third kappa shape index (κ3) is 5.26. The zero-order valence-corrected chi connectivity index (χ0v) is 26.7. The second kappa shape index (κ2) is 11.8. The van der Waals surface area contributed by atoms with E-state index in [0.717, 1.165) is 77.1 Å². The molecule has 0 spiro atoms. The van der Waals surface area contributed by atoms with E-state index in [4.69, 9.17) is 9.11 Å². The van der Waals surface area contributed by atoms with Crippen LogP contribution < -0.4 is 4.90 Å². The Morgan fingerprint density at radius 2 is 1.53 bits per heavy atom. The van der Waals surface area contributed by atoms with Gasteiger partial charge in [0.05, 0.1) is 54.8 Å². The van der Waals surface area contributed by atoms with Gasteiger partial charge in [0.2, 0.25) is 18.5 Å². The second-order valence-electron chi connectivity index (χ2n) is 14.4. The fourth-order valence-corrected chi connectivity index (χ4v) is 10.4. The molecule has 1 aromatic heterocycles. The summed E-state index contributed by atoms with van der Waals surface area (Å²) < 4.78 is 12.8. The molecule has 45 heavy (non-hydrogen) atoms. The third-order valence-corrected chi connectivity index (χ3v) is 12.8. The number of piperazine rings is 1. The number of aromatic nitrogens is 1. The number of rotatable bonds is 8. The van der Waals surface area contributed by atoms with Crippen LogP contribution in [-0.4, -0.2) is 77.5 Å². The molecular weight excluding hydrogens is 584 g/mol. The number of amides is 2. The first kappa shape index (κ1) is 29.1. The van der Waals surface area contributed by atoms with E-state index < -0.39 is 0 Å². The van der Waals surface area contributed by atoms with E-state index in [0.29, 0.717) is 47.0 Å². The fourth-order valence-electron chi connectivity index (χ4n) is 9.57. The number of esters is 1. The number of quaternary nitrogens is 1. The van der Waals surface area contributed by atoms with E-state index in [9.17, 15) is 14.4 Å². The highest BCUT2D eigenvalue weighted by Crippen LogP contribution is 2.56. The first-order valence-electron chi connectivity index (χ1n) is 17.0. The number of hydrogen-bond acceptors (Lipinski definition) is 7. The molecule has 3 aliphatic carbocycles. The van der Waals surface area contributed by atoms with Gasteiger partial charge in [-0.3, -0.25) is 19.0 Å². The van der Waals surface area contributed by atoms with Gasteiger partial charge < -0.3 is 9.64 Å². The Bertz CT molecular complexity index is 1560. The maximum absolute atomic E-state index is 13.6. The predicted molar refractivity (Wildman–Crippen MR) is 173 cm³/mol. The van der Waals surface area contributed by atoms with Crippen LogP contribution in [0.2, 0.25) is 0 Å². The summed E-state index contributed by atoms with van der Waals surface area (Å²) in [6, 6.07) is 17.7. The Hall–Kier alpha value is -3.30. The molecule has 236 valence electrons. The molecule has 3 saturated carbocycles. The molecule has 3 aromatic rings. The van der Waals surface area contributed by atoms with Gasteiger partial charge in [-0.15, -0.1) is 0 Å². The van der Waals surface area contributed by atoms with E-state index in [-0.39, 0.29) is 29.6 Å². The fraction of sp³-hybridized carbons (Fsp3) is 0.556. The van der Waals surface area contributed by atoms with Crippen LogP contribution in [0.1, 0.15) is 55.3 Å². The van der Waals surface area contributed by atoms with Crippen molar-refractivity contribution in [3.63, 3.8) is 0 Å². The van der Waals surface area contributed by atoms with E-state index in [2.05, 4.69) is 29.2 Å². The van der Waals surface area contributed by atoms with Crippen molar-refractivity contribution in [2.45, 2.75) is 44.9 Å². The number of likely N-dealkylation sites (tertiary alicyclic amines) is 1. The Morgan fingerprint density at radius 1 is 0.867 bits per heavy atom. The number of carbonyl (C=O) groups excluding carboxylic acids is 3. The Labute approximate surface area is 269 Å². The lowest BCUT2D eigenvalue weighted by atomic mass is 9.78. The van der Waals surface area contributed by atoms with Gasteiger partial charge in [0.15, 0.2) is 5.82 Å². The van der Waals surface area contributed by atoms with Crippen LogP contribution in [0, 0.1) is 35.5 Å². The predicted octanol–water partition coefficient (Wildman–Crippen LogP) is 5.59. The summed E-state index contributed by atoms with van der Waals surface area (Å²) in [7, 11) is 0. The monoisotopic (exact) mass is 627 g/mol. The van der Waals surface area contributed by atoms with E-state index in [1.165, 1.54) is 16.5 Å². The van der Waals surface area contributed by atoms with Crippen LogP contribution in [-0.2, 0) is 14.3 Å². The highest BCUT2D eigenvalue weighted by molar-refractivity contribution is 7.13. The topological polar surface area (TPSA) is 79.8 Å². The lowest BCUT2D eigenvalue weighted by Crippen LogP contribution is -2.63. The number of imide groups is 1. The molecule has 3 heterocycles. The van der Waals surface area contributed by atoms with Gasteiger partial charge in [0.1, 0.15) is 0 Å². The SMILES string of the molecule is O=C(OC[N+]1(CC2CCCCC2CN2C(=O)C3C4CCC(C4)C3C2=O)CCN(c2nsc3ccccc23)CC1)c1ccccc1. The molecule has 8 rings (SSSR count). The van der Waals surface area contributed by atoms with Crippen molar-refractivity contribution in [1.82, 2.24) is 9.27 Å². The summed E-state index contributed by atoms with van der Waals surface area (Å²) in [5, 5.41) is 1.20.